The Morgan fingerprint density at radius 1 is 0.686 bits per heavy atom. The number of benzene rings is 3. The lowest BCUT2D eigenvalue weighted by atomic mass is 9.89. The lowest BCUT2D eigenvalue weighted by Gasteiger charge is -2.45. The molecule has 0 aliphatic carbocycles. The highest BCUT2D eigenvalue weighted by atomic mass is 16.7. The molecule has 3 aromatic carbocycles. The van der Waals surface area contributed by atoms with Crippen LogP contribution in [0.4, 0.5) is 0 Å². The van der Waals surface area contributed by atoms with Crippen LogP contribution in [0.15, 0.2) is 91.0 Å². The van der Waals surface area contributed by atoms with E-state index in [0.717, 1.165) is 16.7 Å². The molecule has 0 spiro atoms. The molecule has 35 heavy (non-hydrogen) atoms. The fourth-order valence-corrected chi connectivity index (χ4v) is 4.36. The molecule has 1 aliphatic rings. The second-order valence-corrected chi connectivity index (χ2v) is 8.65. The average Bonchev–Trinajstić information content (AvgIpc) is 2.92. The summed E-state index contributed by atoms with van der Waals surface area (Å²) in [6, 6.07) is 29.9. The van der Waals surface area contributed by atoms with Gasteiger partial charge in [-0.1, -0.05) is 91.0 Å². The molecule has 0 radical (unpaired) electrons. The van der Waals surface area contributed by atoms with E-state index in [9.17, 15) is 5.11 Å². The van der Waals surface area contributed by atoms with E-state index in [1.165, 1.54) is 0 Å². The van der Waals surface area contributed by atoms with Gasteiger partial charge in [0.2, 0.25) is 0 Å². The van der Waals surface area contributed by atoms with Crippen LogP contribution in [0, 0.1) is 5.92 Å². The predicted molar refractivity (Wildman–Crippen MR) is 132 cm³/mol. The third-order valence-corrected chi connectivity index (χ3v) is 6.19. The van der Waals surface area contributed by atoms with Gasteiger partial charge in [0, 0.05) is 13.0 Å². The Bertz CT molecular complexity index is 968. The topological polar surface area (TPSA) is 66.4 Å². The molecule has 6 heteroatoms. The molecule has 0 bridgehead atoms. The molecule has 6 nitrogen and oxygen atoms in total. The van der Waals surface area contributed by atoms with Gasteiger partial charge >= 0.3 is 0 Å². The van der Waals surface area contributed by atoms with E-state index in [1.54, 1.807) is 7.11 Å². The molecule has 0 aromatic heterocycles. The minimum absolute atomic E-state index is 0.128. The SMILES string of the molecule is CO[C@H]1O[C@H](COCc2ccccc2)[C@H](OCc2ccccc2)[C@H](CO)[C@H]1OCc1ccccc1. The number of hydrogen-bond donors (Lipinski definition) is 1. The predicted octanol–water partition coefficient (Wildman–Crippen LogP) is 4.35. The lowest BCUT2D eigenvalue weighted by molar-refractivity contribution is -0.307. The smallest absolute Gasteiger partial charge is 0.184 e. The Kier molecular flexibility index (Phi) is 9.84. The zero-order valence-corrected chi connectivity index (χ0v) is 20.1. The zero-order valence-electron chi connectivity index (χ0n) is 20.1. The van der Waals surface area contributed by atoms with Crippen LogP contribution >= 0.6 is 0 Å². The Morgan fingerprint density at radius 2 is 1.17 bits per heavy atom. The third kappa shape index (κ3) is 7.21. The van der Waals surface area contributed by atoms with Crippen molar-refractivity contribution in [1.82, 2.24) is 0 Å². The molecule has 1 N–H and O–H groups in total. The first kappa shape index (κ1) is 25.5. The van der Waals surface area contributed by atoms with Gasteiger partial charge in [0.25, 0.3) is 0 Å². The van der Waals surface area contributed by atoms with Gasteiger partial charge in [-0.2, -0.15) is 0 Å². The molecule has 1 aliphatic heterocycles. The lowest BCUT2D eigenvalue weighted by Crippen LogP contribution is -2.58. The van der Waals surface area contributed by atoms with Crippen molar-refractivity contribution < 1.29 is 28.8 Å². The summed E-state index contributed by atoms with van der Waals surface area (Å²) in [4.78, 5) is 0. The Hall–Kier alpha value is -2.58. The van der Waals surface area contributed by atoms with E-state index in [-0.39, 0.29) is 12.5 Å². The van der Waals surface area contributed by atoms with Gasteiger partial charge in [0.15, 0.2) is 6.29 Å². The van der Waals surface area contributed by atoms with E-state index < -0.39 is 24.6 Å². The molecule has 1 heterocycles. The maximum Gasteiger partial charge on any atom is 0.184 e. The number of methoxy groups -OCH3 is 1. The van der Waals surface area contributed by atoms with Crippen molar-refractivity contribution in [2.24, 2.45) is 5.92 Å². The highest BCUT2D eigenvalue weighted by Crippen LogP contribution is 2.32. The van der Waals surface area contributed by atoms with E-state index >= 15 is 0 Å². The fourth-order valence-electron chi connectivity index (χ4n) is 4.36. The second kappa shape index (κ2) is 13.5. The van der Waals surface area contributed by atoms with Crippen LogP contribution in [0.1, 0.15) is 16.7 Å². The van der Waals surface area contributed by atoms with Crippen LogP contribution < -0.4 is 0 Å². The van der Waals surface area contributed by atoms with Gasteiger partial charge in [-0.25, -0.2) is 0 Å². The van der Waals surface area contributed by atoms with Gasteiger partial charge in [-0.15, -0.1) is 0 Å². The molecule has 4 rings (SSSR count). The van der Waals surface area contributed by atoms with Crippen LogP contribution in [0.5, 0.6) is 0 Å². The molecule has 1 fully saturated rings. The fraction of sp³-hybridized carbons (Fsp3) is 0.379. The number of aliphatic hydroxyl groups excluding tert-OH is 1. The van der Waals surface area contributed by atoms with Crippen molar-refractivity contribution in [3.8, 4) is 0 Å². The molecule has 0 amide bonds. The summed E-state index contributed by atoms with van der Waals surface area (Å²) >= 11 is 0. The van der Waals surface area contributed by atoms with Crippen LogP contribution in [-0.4, -0.2) is 50.0 Å². The van der Waals surface area contributed by atoms with E-state index in [0.29, 0.717) is 26.4 Å². The van der Waals surface area contributed by atoms with Crippen LogP contribution in [0.25, 0.3) is 0 Å². The van der Waals surface area contributed by atoms with Crippen molar-refractivity contribution in [2.45, 2.75) is 44.4 Å². The first-order valence-corrected chi connectivity index (χ1v) is 12.0. The number of hydrogen-bond acceptors (Lipinski definition) is 6. The number of aliphatic hydroxyl groups is 1. The zero-order chi connectivity index (χ0) is 24.3. The summed E-state index contributed by atoms with van der Waals surface area (Å²) < 4.78 is 30.6. The third-order valence-electron chi connectivity index (χ3n) is 6.19. The molecule has 3 aromatic rings. The molecular formula is C29H34O6. The number of ether oxygens (including phenoxy) is 5. The Balaban J connectivity index is 1.48. The molecular weight excluding hydrogens is 444 g/mol. The summed E-state index contributed by atoms with van der Waals surface area (Å²) in [5, 5.41) is 10.4. The van der Waals surface area contributed by atoms with Crippen LogP contribution in [0.2, 0.25) is 0 Å². The van der Waals surface area contributed by atoms with Crippen LogP contribution in [-0.2, 0) is 43.5 Å². The van der Waals surface area contributed by atoms with E-state index in [4.69, 9.17) is 23.7 Å². The van der Waals surface area contributed by atoms with E-state index in [1.807, 2.05) is 91.0 Å². The van der Waals surface area contributed by atoms with Gasteiger partial charge in [-0.3, -0.25) is 0 Å². The minimum atomic E-state index is -0.655. The Labute approximate surface area is 207 Å². The summed E-state index contributed by atoms with van der Waals surface area (Å²) in [5.41, 5.74) is 3.16. The largest absolute Gasteiger partial charge is 0.396 e. The molecule has 0 unspecified atom stereocenters. The van der Waals surface area contributed by atoms with Crippen molar-refractivity contribution in [3.05, 3.63) is 108 Å². The molecule has 1 saturated heterocycles. The van der Waals surface area contributed by atoms with Crippen LogP contribution in [0.3, 0.4) is 0 Å². The quantitative estimate of drug-likeness (QED) is 0.417. The van der Waals surface area contributed by atoms with Crippen molar-refractivity contribution >= 4 is 0 Å². The molecule has 186 valence electrons. The monoisotopic (exact) mass is 478 g/mol. The van der Waals surface area contributed by atoms with Gasteiger partial charge < -0.3 is 28.8 Å². The van der Waals surface area contributed by atoms with Gasteiger partial charge in [-0.05, 0) is 16.7 Å². The Morgan fingerprint density at radius 3 is 1.66 bits per heavy atom. The van der Waals surface area contributed by atoms with Crippen molar-refractivity contribution in [1.29, 1.82) is 0 Å². The van der Waals surface area contributed by atoms with E-state index in [2.05, 4.69) is 0 Å². The highest BCUT2D eigenvalue weighted by Gasteiger charge is 2.47. The average molecular weight is 479 g/mol. The first-order chi connectivity index (χ1) is 17.3. The van der Waals surface area contributed by atoms with Crippen molar-refractivity contribution in [3.63, 3.8) is 0 Å². The van der Waals surface area contributed by atoms with Gasteiger partial charge in [0.05, 0.1) is 39.1 Å². The first-order valence-electron chi connectivity index (χ1n) is 12.0. The second-order valence-electron chi connectivity index (χ2n) is 8.65. The summed E-state index contributed by atoms with van der Waals surface area (Å²) in [6.45, 7) is 1.41. The maximum atomic E-state index is 10.4. The highest BCUT2D eigenvalue weighted by molar-refractivity contribution is 5.15. The van der Waals surface area contributed by atoms with Gasteiger partial charge in [0.1, 0.15) is 12.2 Å². The summed E-state index contributed by atoms with van der Waals surface area (Å²) in [5.74, 6) is -0.355. The molecule has 0 saturated carbocycles. The maximum absolute atomic E-state index is 10.4. The summed E-state index contributed by atoms with van der Waals surface area (Å²) in [7, 11) is 1.59. The van der Waals surface area contributed by atoms with Crippen molar-refractivity contribution in [2.75, 3.05) is 20.3 Å². The minimum Gasteiger partial charge on any atom is -0.396 e. The molecule has 5 atom stereocenters. The standard InChI is InChI=1S/C29H34O6/c1-31-29-28(34-20-24-15-9-4-10-16-24)25(17-30)27(33-19-23-13-7-3-8-14-23)26(35-29)21-32-18-22-11-5-2-6-12-22/h2-16,25-30H,17-21H2,1H3/t25-,26+,27+,28+,29-/m0/s1. The normalized spacial score (nSPS) is 24.3. The number of rotatable bonds is 12. The summed E-state index contributed by atoms with van der Waals surface area (Å²) in [6.07, 6.45) is -2.03.